The SMILES string of the molecule is CN(CCCC(=O)O)c1ccc(Cl)nn1. The minimum Gasteiger partial charge on any atom is -0.481 e. The number of nitrogens with zero attached hydrogens (tertiary/aromatic N) is 3. The third kappa shape index (κ3) is 4.12. The van der Waals surface area contributed by atoms with Crippen LogP contribution < -0.4 is 4.90 Å². The van der Waals surface area contributed by atoms with E-state index in [0.29, 0.717) is 23.9 Å². The zero-order chi connectivity index (χ0) is 11.3. The van der Waals surface area contributed by atoms with Gasteiger partial charge in [-0.15, -0.1) is 10.2 Å². The molecule has 0 unspecified atom stereocenters. The van der Waals surface area contributed by atoms with Crippen LogP contribution in [0.3, 0.4) is 0 Å². The van der Waals surface area contributed by atoms with Gasteiger partial charge < -0.3 is 10.0 Å². The molecule has 0 atom stereocenters. The van der Waals surface area contributed by atoms with Crippen molar-refractivity contribution in [2.75, 3.05) is 18.5 Å². The van der Waals surface area contributed by atoms with E-state index in [1.165, 1.54) is 0 Å². The zero-order valence-electron chi connectivity index (χ0n) is 8.35. The lowest BCUT2D eigenvalue weighted by atomic mass is 10.3. The highest BCUT2D eigenvalue weighted by Crippen LogP contribution is 2.10. The zero-order valence-corrected chi connectivity index (χ0v) is 9.11. The third-order valence-electron chi connectivity index (χ3n) is 1.89. The molecule has 0 spiro atoms. The summed E-state index contributed by atoms with van der Waals surface area (Å²) in [4.78, 5) is 12.1. The van der Waals surface area contributed by atoms with Crippen LogP contribution in [-0.2, 0) is 4.79 Å². The Kier molecular flexibility index (Phi) is 4.30. The Morgan fingerprint density at radius 2 is 2.27 bits per heavy atom. The molecule has 0 aliphatic heterocycles. The molecule has 0 amide bonds. The molecule has 6 heteroatoms. The van der Waals surface area contributed by atoms with Crippen molar-refractivity contribution in [2.24, 2.45) is 0 Å². The molecule has 0 saturated carbocycles. The third-order valence-corrected chi connectivity index (χ3v) is 2.09. The van der Waals surface area contributed by atoms with Gasteiger partial charge in [0.25, 0.3) is 0 Å². The van der Waals surface area contributed by atoms with Gasteiger partial charge >= 0.3 is 5.97 Å². The summed E-state index contributed by atoms with van der Waals surface area (Å²) in [5.41, 5.74) is 0. The van der Waals surface area contributed by atoms with Crippen LogP contribution in [0.25, 0.3) is 0 Å². The minimum atomic E-state index is -0.786. The van der Waals surface area contributed by atoms with Gasteiger partial charge in [0.1, 0.15) is 0 Å². The average Bonchev–Trinajstić information content (AvgIpc) is 2.18. The van der Waals surface area contributed by atoms with E-state index in [1.807, 2.05) is 11.9 Å². The molecular formula is C9H12ClN3O2. The standard InChI is InChI=1S/C9H12ClN3O2/c1-13(6-2-3-9(14)15)8-5-4-7(10)11-12-8/h4-5H,2-3,6H2,1H3,(H,14,15). The normalized spacial score (nSPS) is 10.0. The second-order valence-corrected chi connectivity index (χ2v) is 3.52. The molecule has 82 valence electrons. The van der Waals surface area contributed by atoms with Crippen LogP contribution in [0.1, 0.15) is 12.8 Å². The number of carbonyl (C=O) groups is 1. The first kappa shape index (κ1) is 11.7. The number of hydrogen-bond acceptors (Lipinski definition) is 4. The number of carboxylic acids is 1. The van der Waals surface area contributed by atoms with Crippen molar-refractivity contribution >= 4 is 23.4 Å². The number of carboxylic acid groups (broad SMARTS) is 1. The maximum Gasteiger partial charge on any atom is 0.303 e. The Bertz CT molecular complexity index is 329. The van der Waals surface area contributed by atoms with E-state index in [-0.39, 0.29) is 6.42 Å². The Balaban J connectivity index is 2.43. The molecule has 1 aromatic heterocycles. The Hall–Kier alpha value is -1.36. The summed E-state index contributed by atoms with van der Waals surface area (Å²) in [5.74, 6) is -0.102. The van der Waals surface area contributed by atoms with Crippen molar-refractivity contribution in [1.82, 2.24) is 10.2 Å². The summed E-state index contributed by atoms with van der Waals surface area (Å²) >= 11 is 5.59. The van der Waals surface area contributed by atoms with E-state index in [4.69, 9.17) is 16.7 Å². The monoisotopic (exact) mass is 229 g/mol. The van der Waals surface area contributed by atoms with Gasteiger partial charge in [-0.25, -0.2) is 0 Å². The molecule has 0 bridgehead atoms. The quantitative estimate of drug-likeness (QED) is 0.828. The van der Waals surface area contributed by atoms with E-state index in [1.54, 1.807) is 12.1 Å². The van der Waals surface area contributed by atoms with Crippen LogP contribution in [0.4, 0.5) is 5.82 Å². The lowest BCUT2D eigenvalue weighted by Crippen LogP contribution is -2.20. The molecule has 1 heterocycles. The highest BCUT2D eigenvalue weighted by molar-refractivity contribution is 6.29. The maximum absolute atomic E-state index is 10.3. The maximum atomic E-state index is 10.3. The number of aromatic nitrogens is 2. The van der Waals surface area contributed by atoms with Crippen LogP contribution in [0.5, 0.6) is 0 Å². The number of halogens is 1. The Labute approximate surface area is 92.7 Å². The van der Waals surface area contributed by atoms with Gasteiger partial charge in [0.15, 0.2) is 11.0 Å². The van der Waals surface area contributed by atoms with E-state index in [9.17, 15) is 4.79 Å². The second-order valence-electron chi connectivity index (χ2n) is 3.13. The molecule has 0 saturated heterocycles. The first-order chi connectivity index (χ1) is 7.09. The second kappa shape index (κ2) is 5.50. The van der Waals surface area contributed by atoms with Gasteiger partial charge in [-0.1, -0.05) is 11.6 Å². The fraction of sp³-hybridized carbons (Fsp3) is 0.444. The van der Waals surface area contributed by atoms with Gasteiger partial charge in [-0.05, 0) is 18.6 Å². The Morgan fingerprint density at radius 3 is 2.80 bits per heavy atom. The van der Waals surface area contributed by atoms with Crippen molar-refractivity contribution in [2.45, 2.75) is 12.8 Å². The van der Waals surface area contributed by atoms with E-state index in [2.05, 4.69) is 10.2 Å². The van der Waals surface area contributed by atoms with E-state index >= 15 is 0 Å². The largest absolute Gasteiger partial charge is 0.481 e. The topological polar surface area (TPSA) is 66.3 Å². The smallest absolute Gasteiger partial charge is 0.303 e. The highest BCUT2D eigenvalue weighted by atomic mass is 35.5. The molecule has 0 aliphatic rings. The molecule has 1 N–H and O–H groups in total. The predicted octanol–water partition coefficient (Wildman–Crippen LogP) is 1.43. The molecule has 1 aromatic rings. The summed E-state index contributed by atoms with van der Waals surface area (Å²) in [6.07, 6.45) is 0.738. The van der Waals surface area contributed by atoms with Crippen LogP contribution >= 0.6 is 11.6 Å². The number of aliphatic carboxylic acids is 1. The fourth-order valence-electron chi connectivity index (χ4n) is 1.09. The van der Waals surface area contributed by atoms with Crippen molar-refractivity contribution < 1.29 is 9.90 Å². The first-order valence-corrected chi connectivity index (χ1v) is 4.89. The summed E-state index contributed by atoms with van der Waals surface area (Å²) in [5, 5.41) is 16.4. The van der Waals surface area contributed by atoms with Gasteiger partial charge in [0.05, 0.1) is 0 Å². The number of anilines is 1. The van der Waals surface area contributed by atoms with Crippen molar-refractivity contribution in [1.29, 1.82) is 0 Å². The van der Waals surface area contributed by atoms with Gasteiger partial charge in [0, 0.05) is 20.0 Å². The van der Waals surface area contributed by atoms with Crippen molar-refractivity contribution in [3.63, 3.8) is 0 Å². The van der Waals surface area contributed by atoms with Gasteiger partial charge in [-0.3, -0.25) is 4.79 Å². The molecule has 0 fully saturated rings. The summed E-state index contributed by atoms with van der Waals surface area (Å²) in [6.45, 7) is 0.628. The fourth-order valence-corrected chi connectivity index (χ4v) is 1.20. The first-order valence-electron chi connectivity index (χ1n) is 4.52. The average molecular weight is 230 g/mol. The van der Waals surface area contributed by atoms with E-state index < -0.39 is 5.97 Å². The summed E-state index contributed by atoms with van der Waals surface area (Å²) in [7, 11) is 1.83. The minimum absolute atomic E-state index is 0.158. The van der Waals surface area contributed by atoms with Crippen molar-refractivity contribution in [3.05, 3.63) is 17.3 Å². The van der Waals surface area contributed by atoms with Crippen LogP contribution in [0, 0.1) is 0 Å². The van der Waals surface area contributed by atoms with Gasteiger partial charge in [0.2, 0.25) is 0 Å². The number of rotatable bonds is 5. The summed E-state index contributed by atoms with van der Waals surface area (Å²) in [6, 6.07) is 3.40. The Morgan fingerprint density at radius 1 is 1.53 bits per heavy atom. The van der Waals surface area contributed by atoms with Gasteiger partial charge in [-0.2, -0.15) is 0 Å². The lowest BCUT2D eigenvalue weighted by molar-refractivity contribution is -0.137. The summed E-state index contributed by atoms with van der Waals surface area (Å²) < 4.78 is 0. The van der Waals surface area contributed by atoms with E-state index in [0.717, 1.165) is 0 Å². The molecule has 0 aromatic carbocycles. The molecule has 5 nitrogen and oxygen atoms in total. The van der Waals surface area contributed by atoms with Crippen LogP contribution in [0.2, 0.25) is 5.15 Å². The van der Waals surface area contributed by atoms with Crippen LogP contribution in [-0.4, -0.2) is 34.9 Å². The number of hydrogen-bond donors (Lipinski definition) is 1. The molecule has 0 radical (unpaired) electrons. The molecular weight excluding hydrogens is 218 g/mol. The molecule has 1 rings (SSSR count). The molecule has 0 aliphatic carbocycles. The lowest BCUT2D eigenvalue weighted by Gasteiger charge is -2.16. The highest BCUT2D eigenvalue weighted by Gasteiger charge is 2.04. The van der Waals surface area contributed by atoms with Crippen LogP contribution in [0.15, 0.2) is 12.1 Å². The predicted molar refractivity (Wildman–Crippen MR) is 57.2 cm³/mol. The molecule has 15 heavy (non-hydrogen) atoms. The van der Waals surface area contributed by atoms with Crippen molar-refractivity contribution in [3.8, 4) is 0 Å².